The Balaban J connectivity index is 2.14. The highest BCUT2D eigenvalue weighted by atomic mass is 79.9. The van der Waals surface area contributed by atoms with E-state index in [-0.39, 0.29) is 6.04 Å². The lowest BCUT2D eigenvalue weighted by Gasteiger charge is -2.13. The highest BCUT2D eigenvalue weighted by Crippen LogP contribution is 2.28. The first-order chi connectivity index (χ1) is 8.70. The molecule has 2 N–H and O–H groups in total. The number of pyridine rings is 1. The fourth-order valence-electron chi connectivity index (χ4n) is 1.80. The number of ether oxygens (including phenoxy) is 1. The molecule has 0 bridgehead atoms. The molecule has 0 spiro atoms. The first-order valence-corrected chi connectivity index (χ1v) is 6.48. The van der Waals surface area contributed by atoms with Crippen molar-refractivity contribution >= 4 is 15.9 Å². The second kappa shape index (κ2) is 5.98. The van der Waals surface area contributed by atoms with Gasteiger partial charge in [0.25, 0.3) is 0 Å². The first kappa shape index (κ1) is 13.1. The molecule has 1 atom stereocenters. The van der Waals surface area contributed by atoms with Gasteiger partial charge in [-0.1, -0.05) is 12.1 Å². The standard InChI is InChI=1S/C14H15BrN2O/c1-18-14-5-4-11(8-12(14)15)13(16)7-10-3-2-6-17-9-10/h2-6,8-9,13H,7,16H2,1H3. The molecule has 2 aromatic rings. The zero-order chi connectivity index (χ0) is 13.0. The van der Waals surface area contributed by atoms with Crippen molar-refractivity contribution in [3.63, 3.8) is 0 Å². The topological polar surface area (TPSA) is 48.1 Å². The van der Waals surface area contributed by atoms with Gasteiger partial charge < -0.3 is 10.5 Å². The van der Waals surface area contributed by atoms with E-state index in [9.17, 15) is 0 Å². The molecular formula is C14H15BrN2O. The molecule has 18 heavy (non-hydrogen) atoms. The lowest BCUT2D eigenvalue weighted by Crippen LogP contribution is -2.13. The number of hydrogen-bond acceptors (Lipinski definition) is 3. The summed E-state index contributed by atoms with van der Waals surface area (Å²) in [6, 6.07) is 9.82. The van der Waals surface area contributed by atoms with Gasteiger partial charge in [0.15, 0.2) is 0 Å². The number of nitrogens with two attached hydrogens (primary N) is 1. The van der Waals surface area contributed by atoms with Crippen LogP contribution in [0.4, 0.5) is 0 Å². The van der Waals surface area contributed by atoms with Crippen LogP contribution in [0.3, 0.4) is 0 Å². The van der Waals surface area contributed by atoms with E-state index in [1.807, 2.05) is 36.5 Å². The number of hydrogen-bond donors (Lipinski definition) is 1. The van der Waals surface area contributed by atoms with Gasteiger partial charge in [0, 0.05) is 18.4 Å². The minimum absolute atomic E-state index is 0.0450. The first-order valence-electron chi connectivity index (χ1n) is 5.68. The van der Waals surface area contributed by atoms with Gasteiger partial charge in [-0.2, -0.15) is 0 Å². The molecule has 4 heteroatoms. The van der Waals surface area contributed by atoms with Crippen LogP contribution in [-0.4, -0.2) is 12.1 Å². The maximum atomic E-state index is 6.20. The van der Waals surface area contributed by atoms with Crippen molar-refractivity contribution in [1.29, 1.82) is 0 Å². The van der Waals surface area contributed by atoms with Gasteiger partial charge in [-0.05, 0) is 51.7 Å². The van der Waals surface area contributed by atoms with Crippen LogP contribution in [-0.2, 0) is 6.42 Å². The monoisotopic (exact) mass is 306 g/mol. The minimum Gasteiger partial charge on any atom is -0.496 e. The summed E-state index contributed by atoms with van der Waals surface area (Å²) in [5.41, 5.74) is 8.41. The Bertz CT molecular complexity index is 516. The molecule has 1 heterocycles. The summed E-state index contributed by atoms with van der Waals surface area (Å²) in [7, 11) is 1.65. The molecule has 2 rings (SSSR count). The Hall–Kier alpha value is -1.39. The van der Waals surface area contributed by atoms with E-state index >= 15 is 0 Å². The van der Waals surface area contributed by atoms with Crippen molar-refractivity contribution in [2.75, 3.05) is 7.11 Å². The Kier molecular flexibility index (Phi) is 4.33. The predicted molar refractivity (Wildman–Crippen MR) is 75.6 cm³/mol. The average Bonchev–Trinajstić information content (AvgIpc) is 2.39. The Morgan fingerprint density at radius 2 is 2.22 bits per heavy atom. The normalized spacial score (nSPS) is 12.2. The Labute approximate surface area is 115 Å². The van der Waals surface area contributed by atoms with Gasteiger partial charge in [-0.3, -0.25) is 4.98 Å². The third-order valence-electron chi connectivity index (χ3n) is 2.78. The largest absolute Gasteiger partial charge is 0.496 e. The van der Waals surface area contributed by atoms with E-state index in [1.165, 1.54) is 0 Å². The molecule has 1 unspecified atom stereocenters. The van der Waals surface area contributed by atoms with E-state index in [4.69, 9.17) is 10.5 Å². The summed E-state index contributed by atoms with van der Waals surface area (Å²) < 4.78 is 6.12. The van der Waals surface area contributed by atoms with Crippen LogP contribution in [0.25, 0.3) is 0 Å². The number of aromatic nitrogens is 1. The Morgan fingerprint density at radius 1 is 1.39 bits per heavy atom. The number of rotatable bonds is 4. The van der Waals surface area contributed by atoms with Crippen molar-refractivity contribution < 1.29 is 4.74 Å². The van der Waals surface area contributed by atoms with Crippen molar-refractivity contribution in [3.05, 3.63) is 58.3 Å². The number of nitrogens with zero attached hydrogens (tertiary/aromatic N) is 1. The van der Waals surface area contributed by atoms with Gasteiger partial charge in [-0.15, -0.1) is 0 Å². The number of benzene rings is 1. The van der Waals surface area contributed by atoms with Crippen molar-refractivity contribution in [1.82, 2.24) is 4.98 Å². The van der Waals surface area contributed by atoms with Gasteiger partial charge >= 0.3 is 0 Å². The molecule has 0 fully saturated rings. The minimum atomic E-state index is -0.0450. The summed E-state index contributed by atoms with van der Waals surface area (Å²) in [5.74, 6) is 0.812. The molecule has 1 aromatic heterocycles. The molecule has 0 aliphatic heterocycles. The van der Waals surface area contributed by atoms with E-state index in [0.29, 0.717) is 0 Å². The highest BCUT2D eigenvalue weighted by Gasteiger charge is 2.09. The van der Waals surface area contributed by atoms with Crippen LogP contribution in [0.2, 0.25) is 0 Å². The van der Waals surface area contributed by atoms with E-state index in [2.05, 4.69) is 20.9 Å². The molecule has 0 saturated carbocycles. The van der Waals surface area contributed by atoms with Crippen LogP contribution in [0.15, 0.2) is 47.2 Å². The second-order valence-corrected chi connectivity index (χ2v) is 4.92. The quantitative estimate of drug-likeness (QED) is 0.944. The van der Waals surface area contributed by atoms with Gasteiger partial charge in [0.2, 0.25) is 0 Å². The lowest BCUT2D eigenvalue weighted by atomic mass is 10.0. The van der Waals surface area contributed by atoms with Crippen molar-refractivity contribution in [3.8, 4) is 5.75 Å². The molecule has 0 aliphatic carbocycles. The molecule has 0 amide bonds. The van der Waals surface area contributed by atoms with E-state index in [0.717, 1.165) is 27.8 Å². The molecule has 0 aliphatic rings. The average molecular weight is 307 g/mol. The summed E-state index contributed by atoms with van der Waals surface area (Å²) in [4.78, 5) is 4.09. The Morgan fingerprint density at radius 3 is 2.83 bits per heavy atom. The molecule has 1 aromatic carbocycles. The maximum absolute atomic E-state index is 6.20. The predicted octanol–water partition coefficient (Wildman–Crippen LogP) is 3.10. The van der Waals surface area contributed by atoms with Gasteiger partial charge in [0.1, 0.15) is 5.75 Å². The van der Waals surface area contributed by atoms with Gasteiger partial charge in [-0.25, -0.2) is 0 Å². The SMILES string of the molecule is COc1ccc(C(N)Cc2cccnc2)cc1Br. The third-order valence-corrected chi connectivity index (χ3v) is 3.40. The maximum Gasteiger partial charge on any atom is 0.133 e. The summed E-state index contributed by atoms with van der Waals surface area (Å²) in [6.07, 6.45) is 4.38. The summed E-state index contributed by atoms with van der Waals surface area (Å²) in [5, 5.41) is 0. The fraction of sp³-hybridized carbons (Fsp3) is 0.214. The van der Waals surface area contributed by atoms with Crippen LogP contribution >= 0.6 is 15.9 Å². The van der Waals surface area contributed by atoms with Crippen molar-refractivity contribution in [2.45, 2.75) is 12.5 Å². The molecule has 0 saturated heterocycles. The van der Waals surface area contributed by atoms with E-state index in [1.54, 1.807) is 13.3 Å². The molecule has 3 nitrogen and oxygen atoms in total. The second-order valence-electron chi connectivity index (χ2n) is 4.07. The van der Waals surface area contributed by atoms with Crippen LogP contribution in [0.5, 0.6) is 5.75 Å². The summed E-state index contributed by atoms with van der Waals surface area (Å²) >= 11 is 3.47. The zero-order valence-corrected chi connectivity index (χ0v) is 11.7. The van der Waals surface area contributed by atoms with Gasteiger partial charge in [0.05, 0.1) is 11.6 Å². The fourth-order valence-corrected chi connectivity index (χ4v) is 2.36. The van der Waals surface area contributed by atoms with Crippen molar-refractivity contribution in [2.24, 2.45) is 5.73 Å². The lowest BCUT2D eigenvalue weighted by molar-refractivity contribution is 0.412. The van der Waals surface area contributed by atoms with Crippen LogP contribution in [0.1, 0.15) is 17.2 Å². The van der Waals surface area contributed by atoms with Crippen LogP contribution in [0, 0.1) is 0 Å². The highest BCUT2D eigenvalue weighted by molar-refractivity contribution is 9.10. The smallest absolute Gasteiger partial charge is 0.133 e. The number of methoxy groups -OCH3 is 1. The van der Waals surface area contributed by atoms with E-state index < -0.39 is 0 Å². The molecule has 94 valence electrons. The molecular weight excluding hydrogens is 292 g/mol. The third kappa shape index (κ3) is 3.09. The van der Waals surface area contributed by atoms with Crippen LogP contribution < -0.4 is 10.5 Å². The zero-order valence-electron chi connectivity index (χ0n) is 10.1. The number of halogens is 1. The summed E-state index contributed by atoms with van der Waals surface area (Å²) in [6.45, 7) is 0. The molecule has 0 radical (unpaired) electrons.